The standard InChI is InChI=1S/C12H22ClN3/c1-4-5-6-7-8-16-11(9-10(2)3)12(13)14-15-16/h10H,4-9H2,1-3H3. The summed E-state index contributed by atoms with van der Waals surface area (Å²) < 4.78 is 1.97. The molecule has 0 aliphatic carbocycles. The van der Waals surface area contributed by atoms with Crippen molar-refractivity contribution in [2.45, 2.75) is 59.4 Å². The topological polar surface area (TPSA) is 30.7 Å². The lowest BCUT2D eigenvalue weighted by Gasteiger charge is -2.08. The maximum absolute atomic E-state index is 6.03. The Labute approximate surface area is 103 Å². The second-order valence-electron chi connectivity index (χ2n) is 4.71. The molecule has 0 radical (unpaired) electrons. The van der Waals surface area contributed by atoms with Crippen LogP contribution in [0.25, 0.3) is 0 Å². The van der Waals surface area contributed by atoms with Crippen LogP contribution in [0.5, 0.6) is 0 Å². The summed E-state index contributed by atoms with van der Waals surface area (Å²) in [4.78, 5) is 0. The molecule has 0 aromatic carbocycles. The Kier molecular flexibility index (Phi) is 5.81. The molecule has 0 bridgehead atoms. The van der Waals surface area contributed by atoms with E-state index in [-0.39, 0.29) is 0 Å². The van der Waals surface area contributed by atoms with Gasteiger partial charge in [-0.05, 0) is 18.8 Å². The Hall–Kier alpha value is -0.570. The molecule has 16 heavy (non-hydrogen) atoms. The van der Waals surface area contributed by atoms with Crippen LogP contribution in [0.4, 0.5) is 0 Å². The van der Waals surface area contributed by atoms with E-state index in [0.717, 1.165) is 18.7 Å². The van der Waals surface area contributed by atoms with E-state index < -0.39 is 0 Å². The predicted octanol–water partition coefficient (Wildman–Crippen LogP) is 3.71. The molecule has 92 valence electrons. The third-order valence-electron chi connectivity index (χ3n) is 2.62. The van der Waals surface area contributed by atoms with Crippen LogP contribution in [0, 0.1) is 5.92 Å². The molecule has 1 rings (SSSR count). The van der Waals surface area contributed by atoms with Crippen LogP contribution in [0.2, 0.25) is 5.15 Å². The maximum Gasteiger partial charge on any atom is 0.174 e. The number of rotatable bonds is 7. The average molecular weight is 244 g/mol. The molecular weight excluding hydrogens is 222 g/mol. The summed E-state index contributed by atoms with van der Waals surface area (Å²) >= 11 is 6.03. The van der Waals surface area contributed by atoms with Gasteiger partial charge in [-0.1, -0.05) is 56.8 Å². The normalized spacial score (nSPS) is 11.3. The number of hydrogen-bond acceptors (Lipinski definition) is 2. The fourth-order valence-corrected chi connectivity index (χ4v) is 1.96. The van der Waals surface area contributed by atoms with Crippen molar-refractivity contribution < 1.29 is 0 Å². The molecule has 3 nitrogen and oxygen atoms in total. The number of aromatic nitrogens is 3. The van der Waals surface area contributed by atoms with Crippen LogP contribution in [0.1, 0.15) is 52.1 Å². The first-order chi connectivity index (χ1) is 7.65. The Balaban J connectivity index is 2.51. The first-order valence-corrected chi connectivity index (χ1v) is 6.60. The van der Waals surface area contributed by atoms with Crippen LogP contribution in [-0.4, -0.2) is 15.0 Å². The Morgan fingerprint density at radius 3 is 2.62 bits per heavy atom. The Bertz CT molecular complexity index is 307. The number of unbranched alkanes of at least 4 members (excludes halogenated alkanes) is 3. The molecule has 0 N–H and O–H groups in total. The molecule has 0 aliphatic rings. The highest BCUT2D eigenvalue weighted by Gasteiger charge is 2.11. The largest absolute Gasteiger partial charge is 0.248 e. The van der Waals surface area contributed by atoms with E-state index in [0.29, 0.717) is 11.1 Å². The number of hydrogen-bond donors (Lipinski definition) is 0. The van der Waals surface area contributed by atoms with E-state index in [1.807, 2.05) is 4.68 Å². The van der Waals surface area contributed by atoms with Crippen molar-refractivity contribution in [2.24, 2.45) is 5.92 Å². The van der Waals surface area contributed by atoms with E-state index in [1.165, 1.54) is 25.7 Å². The summed E-state index contributed by atoms with van der Waals surface area (Å²) in [6, 6.07) is 0. The fraction of sp³-hybridized carbons (Fsp3) is 0.833. The van der Waals surface area contributed by atoms with Crippen LogP contribution in [0.15, 0.2) is 0 Å². The number of aryl methyl sites for hydroxylation is 1. The number of nitrogens with zero attached hydrogens (tertiary/aromatic N) is 3. The van der Waals surface area contributed by atoms with Gasteiger partial charge in [-0.25, -0.2) is 4.68 Å². The van der Waals surface area contributed by atoms with Crippen molar-refractivity contribution in [3.8, 4) is 0 Å². The molecule has 0 amide bonds. The molecule has 1 aromatic heterocycles. The van der Waals surface area contributed by atoms with Gasteiger partial charge in [0, 0.05) is 6.54 Å². The zero-order valence-corrected chi connectivity index (χ0v) is 11.3. The SMILES string of the molecule is CCCCCCn1nnc(Cl)c1CC(C)C. The highest BCUT2D eigenvalue weighted by Crippen LogP contribution is 2.17. The first kappa shape index (κ1) is 13.5. The van der Waals surface area contributed by atoms with Crippen molar-refractivity contribution in [3.63, 3.8) is 0 Å². The highest BCUT2D eigenvalue weighted by molar-refractivity contribution is 6.29. The molecule has 0 spiro atoms. The monoisotopic (exact) mass is 243 g/mol. The average Bonchev–Trinajstić information content (AvgIpc) is 2.56. The highest BCUT2D eigenvalue weighted by atomic mass is 35.5. The zero-order valence-electron chi connectivity index (χ0n) is 10.5. The molecule has 0 aliphatic heterocycles. The van der Waals surface area contributed by atoms with Crippen molar-refractivity contribution in [3.05, 3.63) is 10.8 Å². The maximum atomic E-state index is 6.03. The molecule has 0 saturated carbocycles. The summed E-state index contributed by atoms with van der Waals surface area (Å²) in [5.41, 5.74) is 1.09. The van der Waals surface area contributed by atoms with Crippen LogP contribution in [-0.2, 0) is 13.0 Å². The van der Waals surface area contributed by atoms with Gasteiger partial charge in [-0.2, -0.15) is 0 Å². The molecule has 0 unspecified atom stereocenters. The van der Waals surface area contributed by atoms with Gasteiger partial charge in [0.1, 0.15) is 0 Å². The van der Waals surface area contributed by atoms with Gasteiger partial charge in [0.15, 0.2) is 5.15 Å². The zero-order chi connectivity index (χ0) is 12.0. The summed E-state index contributed by atoms with van der Waals surface area (Å²) in [6.45, 7) is 7.54. The fourth-order valence-electron chi connectivity index (χ4n) is 1.76. The molecule has 0 atom stereocenters. The molecule has 1 aromatic rings. The molecule has 1 heterocycles. The van der Waals surface area contributed by atoms with Crippen molar-refractivity contribution >= 4 is 11.6 Å². The summed E-state index contributed by atoms with van der Waals surface area (Å²) in [7, 11) is 0. The lowest BCUT2D eigenvalue weighted by atomic mass is 10.1. The number of halogens is 1. The summed E-state index contributed by atoms with van der Waals surface area (Å²) in [5, 5.41) is 8.62. The van der Waals surface area contributed by atoms with E-state index in [2.05, 4.69) is 31.1 Å². The predicted molar refractivity (Wildman–Crippen MR) is 67.7 cm³/mol. The van der Waals surface area contributed by atoms with Gasteiger partial charge >= 0.3 is 0 Å². The molecular formula is C12H22ClN3. The third-order valence-corrected chi connectivity index (χ3v) is 2.91. The summed E-state index contributed by atoms with van der Waals surface area (Å²) in [6.07, 6.45) is 5.94. The van der Waals surface area contributed by atoms with Crippen LogP contribution >= 0.6 is 11.6 Å². The van der Waals surface area contributed by atoms with Crippen molar-refractivity contribution in [1.29, 1.82) is 0 Å². The smallest absolute Gasteiger partial charge is 0.174 e. The molecule has 0 saturated heterocycles. The van der Waals surface area contributed by atoms with Gasteiger partial charge in [0.25, 0.3) is 0 Å². The third kappa shape index (κ3) is 4.12. The van der Waals surface area contributed by atoms with Gasteiger partial charge in [0.2, 0.25) is 0 Å². The van der Waals surface area contributed by atoms with Crippen LogP contribution < -0.4 is 0 Å². The lowest BCUT2D eigenvalue weighted by Crippen LogP contribution is -2.08. The van der Waals surface area contributed by atoms with Gasteiger partial charge in [-0.3, -0.25) is 0 Å². The second kappa shape index (κ2) is 6.89. The van der Waals surface area contributed by atoms with Gasteiger partial charge < -0.3 is 0 Å². The van der Waals surface area contributed by atoms with Gasteiger partial charge in [0.05, 0.1) is 5.69 Å². The summed E-state index contributed by atoms with van der Waals surface area (Å²) in [5.74, 6) is 0.588. The van der Waals surface area contributed by atoms with Crippen molar-refractivity contribution in [2.75, 3.05) is 0 Å². The van der Waals surface area contributed by atoms with E-state index >= 15 is 0 Å². The van der Waals surface area contributed by atoms with Crippen molar-refractivity contribution in [1.82, 2.24) is 15.0 Å². The minimum Gasteiger partial charge on any atom is -0.248 e. The Morgan fingerprint density at radius 2 is 2.00 bits per heavy atom. The van der Waals surface area contributed by atoms with E-state index in [1.54, 1.807) is 0 Å². The molecule has 4 heteroatoms. The Morgan fingerprint density at radius 1 is 1.25 bits per heavy atom. The first-order valence-electron chi connectivity index (χ1n) is 6.23. The van der Waals surface area contributed by atoms with Gasteiger partial charge in [-0.15, -0.1) is 5.10 Å². The molecule has 0 fully saturated rings. The second-order valence-corrected chi connectivity index (χ2v) is 5.07. The lowest BCUT2D eigenvalue weighted by molar-refractivity contribution is 0.496. The minimum atomic E-state index is 0.573. The van der Waals surface area contributed by atoms with Crippen LogP contribution in [0.3, 0.4) is 0 Å². The van der Waals surface area contributed by atoms with E-state index in [9.17, 15) is 0 Å². The minimum absolute atomic E-state index is 0.573. The quantitative estimate of drug-likeness (QED) is 0.684. The van der Waals surface area contributed by atoms with E-state index in [4.69, 9.17) is 11.6 Å².